The molecular weight excluding hydrogens is 270 g/mol. The molecule has 2 aromatic rings. The summed E-state index contributed by atoms with van der Waals surface area (Å²) in [7, 11) is 1.54. The molecule has 0 fully saturated rings. The monoisotopic (exact) mass is 281 g/mol. The van der Waals surface area contributed by atoms with E-state index in [-0.39, 0.29) is 5.91 Å². The highest BCUT2D eigenvalue weighted by molar-refractivity contribution is 7.08. The number of ether oxygens (including phenoxy) is 1. The molecule has 5 heteroatoms. The predicted octanol–water partition coefficient (Wildman–Crippen LogP) is 3.97. The molecule has 94 valence electrons. The van der Waals surface area contributed by atoms with Gasteiger partial charge in [-0.3, -0.25) is 4.79 Å². The summed E-state index contributed by atoms with van der Waals surface area (Å²) < 4.78 is 5.20. The summed E-state index contributed by atoms with van der Waals surface area (Å²) in [6.45, 7) is 1.88. The summed E-state index contributed by atoms with van der Waals surface area (Å²) in [5, 5.41) is 7.08. The summed E-state index contributed by atoms with van der Waals surface area (Å²) in [6, 6.07) is 5.26. The van der Waals surface area contributed by atoms with Gasteiger partial charge in [-0.25, -0.2) is 0 Å². The van der Waals surface area contributed by atoms with Crippen LogP contribution in [0, 0.1) is 6.92 Å². The van der Waals surface area contributed by atoms with Crippen molar-refractivity contribution < 1.29 is 9.53 Å². The van der Waals surface area contributed by atoms with Crippen LogP contribution in [0.5, 0.6) is 5.75 Å². The second-order valence-corrected chi connectivity index (χ2v) is 4.96. The number of carbonyl (C=O) groups is 1. The van der Waals surface area contributed by atoms with Gasteiger partial charge in [-0.05, 0) is 30.0 Å². The van der Waals surface area contributed by atoms with Crippen LogP contribution in [0.4, 0.5) is 5.69 Å². The molecule has 0 radical (unpaired) electrons. The fourth-order valence-electron chi connectivity index (χ4n) is 1.52. The Morgan fingerprint density at radius 3 is 2.83 bits per heavy atom. The van der Waals surface area contributed by atoms with Crippen LogP contribution in [0.1, 0.15) is 15.9 Å². The lowest BCUT2D eigenvalue weighted by Crippen LogP contribution is -2.11. The SMILES string of the molecule is COc1cc(Cl)c(C)cc1NC(=O)c1ccsc1. The Balaban J connectivity index is 2.28. The van der Waals surface area contributed by atoms with Gasteiger partial charge in [0.25, 0.3) is 5.91 Å². The zero-order valence-corrected chi connectivity index (χ0v) is 11.6. The van der Waals surface area contributed by atoms with E-state index in [0.717, 1.165) is 5.56 Å². The second-order valence-electron chi connectivity index (χ2n) is 3.77. The molecular formula is C13H12ClNO2S. The van der Waals surface area contributed by atoms with Crippen LogP contribution in [0.2, 0.25) is 5.02 Å². The molecule has 1 heterocycles. The van der Waals surface area contributed by atoms with Gasteiger partial charge in [0.05, 0.1) is 18.4 Å². The normalized spacial score (nSPS) is 10.2. The Labute approximate surface area is 114 Å². The van der Waals surface area contributed by atoms with Crippen molar-refractivity contribution in [1.82, 2.24) is 0 Å². The van der Waals surface area contributed by atoms with Crippen LogP contribution < -0.4 is 10.1 Å². The highest BCUT2D eigenvalue weighted by Gasteiger charge is 2.11. The van der Waals surface area contributed by atoms with Gasteiger partial charge in [-0.2, -0.15) is 11.3 Å². The summed E-state index contributed by atoms with van der Waals surface area (Å²) in [6.07, 6.45) is 0. The number of methoxy groups -OCH3 is 1. The summed E-state index contributed by atoms with van der Waals surface area (Å²) >= 11 is 7.49. The average Bonchev–Trinajstić information content (AvgIpc) is 2.87. The first-order chi connectivity index (χ1) is 8.61. The largest absolute Gasteiger partial charge is 0.495 e. The van der Waals surface area contributed by atoms with E-state index in [0.29, 0.717) is 22.0 Å². The summed E-state index contributed by atoms with van der Waals surface area (Å²) in [5.41, 5.74) is 2.14. The van der Waals surface area contributed by atoms with Gasteiger partial charge >= 0.3 is 0 Å². The first-order valence-electron chi connectivity index (χ1n) is 5.29. The third-order valence-electron chi connectivity index (χ3n) is 2.51. The highest BCUT2D eigenvalue weighted by atomic mass is 35.5. The Kier molecular flexibility index (Phi) is 3.89. The van der Waals surface area contributed by atoms with Crippen molar-refractivity contribution in [3.8, 4) is 5.75 Å². The smallest absolute Gasteiger partial charge is 0.256 e. The van der Waals surface area contributed by atoms with Gasteiger partial charge in [0.15, 0.2) is 0 Å². The maximum Gasteiger partial charge on any atom is 0.256 e. The van der Waals surface area contributed by atoms with Crippen molar-refractivity contribution >= 4 is 34.5 Å². The molecule has 3 nitrogen and oxygen atoms in total. The molecule has 1 aromatic heterocycles. The molecule has 2 rings (SSSR count). The number of benzene rings is 1. The van der Waals surface area contributed by atoms with Crippen LogP contribution in [0.3, 0.4) is 0 Å². The third-order valence-corrected chi connectivity index (χ3v) is 3.60. The molecule has 1 amide bonds. The van der Waals surface area contributed by atoms with Crippen molar-refractivity contribution in [1.29, 1.82) is 0 Å². The van der Waals surface area contributed by atoms with E-state index in [1.165, 1.54) is 11.3 Å². The van der Waals surface area contributed by atoms with Crippen LogP contribution in [0.15, 0.2) is 29.0 Å². The van der Waals surface area contributed by atoms with E-state index < -0.39 is 0 Å². The first-order valence-corrected chi connectivity index (χ1v) is 6.61. The van der Waals surface area contributed by atoms with Gasteiger partial charge in [0.2, 0.25) is 0 Å². The number of aryl methyl sites for hydroxylation is 1. The Bertz CT molecular complexity index is 567. The Hall–Kier alpha value is -1.52. The van der Waals surface area contributed by atoms with Gasteiger partial charge in [0, 0.05) is 16.5 Å². The second kappa shape index (κ2) is 5.42. The highest BCUT2D eigenvalue weighted by Crippen LogP contribution is 2.31. The number of halogens is 1. The lowest BCUT2D eigenvalue weighted by Gasteiger charge is -2.11. The molecule has 0 aliphatic heterocycles. The van der Waals surface area contributed by atoms with Crippen molar-refractivity contribution in [3.63, 3.8) is 0 Å². The fraction of sp³-hybridized carbons (Fsp3) is 0.154. The van der Waals surface area contributed by atoms with Crippen LogP contribution in [-0.4, -0.2) is 13.0 Å². The zero-order valence-electron chi connectivity index (χ0n) is 9.99. The van der Waals surface area contributed by atoms with Gasteiger partial charge in [-0.1, -0.05) is 11.6 Å². The molecule has 1 N–H and O–H groups in total. The van der Waals surface area contributed by atoms with Gasteiger partial charge in [0.1, 0.15) is 5.75 Å². The zero-order chi connectivity index (χ0) is 13.1. The maximum absolute atomic E-state index is 11.9. The topological polar surface area (TPSA) is 38.3 Å². The molecule has 0 spiro atoms. The van der Waals surface area contributed by atoms with Crippen LogP contribution >= 0.6 is 22.9 Å². The molecule has 18 heavy (non-hydrogen) atoms. The Morgan fingerprint density at radius 1 is 1.44 bits per heavy atom. The van der Waals surface area contributed by atoms with E-state index in [4.69, 9.17) is 16.3 Å². The maximum atomic E-state index is 11.9. The Morgan fingerprint density at radius 2 is 2.22 bits per heavy atom. The summed E-state index contributed by atoms with van der Waals surface area (Å²) in [4.78, 5) is 11.9. The van der Waals surface area contributed by atoms with Crippen molar-refractivity contribution in [2.75, 3.05) is 12.4 Å². The standard InChI is InChI=1S/C13H12ClNO2S/c1-8-5-11(12(17-2)6-10(8)14)15-13(16)9-3-4-18-7-9/h3-7H,1-2H3,(H,15,16). The number of rotatable bonds is 3. The minimum absolute atomic E-state index is 0.156. The molecule has 0 atom stereocenters. The van der Waals surface area contributed by atoms with E-state index in [2.05, 4.69) is 5.32 Å². The first kappa shape index (κ1) is 12.9. The number of hydrogen-bond acceptors (Lipinski definition) is 3. The fourth-order valence-corrected chi connectivity index (χ4v) is 2.31. The quantitative estimate of drug-likeness (QED) is 0.924. The van der Waals surface area contributed by atoms with Crippen molar-refractivity contribution in [2.24, 2.45) is 0 Å². The molecule has 0 aliphatic rings. The molecule has 0 bridgehead atoms. The number of amides is 1. The van der Waals surface area contributed by atoms with Crippen molar-refractivity contribution in [3.05, 3.63) is 45.1 Å². The number of anilines is 1. The van der Waals surface area contributed by atoms with E-state index >= 15 is 0 Å². The minimum Gasteiger partial charge on any atom is -0.495 e. The molecule has 0 saturated carbocycles. The lowest BCUT2D eigenvalue weighted by molar-refractivity contribution is 0.102. The van der Waals surface area contributed by atoms with Gasteiger partial charge in [-0.15, -0.1) is 0 Å². The van der Waals surface area contributed by atoms with Gasteiger partial charge < -0.3 is 10.1 Å². The predicted molar refractivity (Wildman–Crippen MR) is 75.0 cm³/mol. The number of carbonyl (C=O) groups excluding carboxylic acids is 1. The summed E-state index contributed by atoms with van der Waals surface area (Å²) in [5.74, 6) is 0.394. The van der Waals surface area contributed by atoms with Crippen LogP contribution in [0.25, 0.3) is 0 Å². The molecule has 0 aliphatic carbocycles. The number of nitrogens with one attached hydrogen (secondary N) is 1. The third kappa shape index (κ3) is 2.66. The van der Waals surface area contributed by atoms with Crippen LogP contribution in [-0.2, 0) is 0 Å². The number of thiophene rings is 1. The van der Waals surface area contributed by atoms with E-state index in [1.54, 1.807) is 30.7 Å². The molecule has 0 unspecified atom stereocenters. The van der Waals surface area contributed by atoms with Crippen molar-refractivity contribution in [2.45, 2.75) is 6.92 Å². The van der Waals surface area contributed by atoms with E-state index in [9.17, 15) is 4.79 Å². The average molecular weight is 282 g/mol. The van der Waals surface area contributed by atoms with E-state index in [1.807, 2.05) is 12.3 Å². The number of hydrogen-bond donors (Lipinski definition) is 1. The lowest BCUT2D eigenvalue weighted by atomic mass is 10.2. The molecule has 0 saturated heterocycles. The minimum atomic E-state index is -0.156. The molecule has 1 aromatic carbocycles.